The minimum absolute atomic E-state index is 0.322. The Labute approximate surface area is 153 Å². The van der Waals surface area contributed by atoms with Gasteiger partial charge in [-0.2, -0.15) is 0 Å². The van der Waals surface area contributed by atoms with Crippen LogP contribution in [0.3, 0.4) is 0 Å². The van der Waals surface area contributed by atoms with E-state index in [1.54, 1.807) is 13.8 Å². The third kappa shape index (κ3) is 10.8. The van der Waals surface area contributed by atoms with Crippen LogP contribution in [0.15, 0.2) is 25.7 Å². The minimum Gasteiger partial charge on any atom is -0.435 e. The SMILES string of the molecule is C=COC(=O)C(CCCCCCCCCC)CC(C)(C)C(=O)OC=C. The fraction of sp³-hybridized carbons (Fsp3) is 0.714. The Morgan fingerprint density at radius 3 is 1.96 bits per heavy atom. The molecule has 0 aliphatic heterocycles. The fourth-order valence-corrected chi connectivity index (χ4v) is 2.94. The van der Waals surface area contributed by atoms with E-state index in [0.717, 1.165) is 25.4 Å². The molecule has 0 fully saturated rings. The third-order valence-electron chi connectivity index (χ3n) is 4.44. The van der Waals surface area contributed by atoms with Crippen molar-refractivity contribution in [1.29, 1.82) is 0 Å². The Hall–Kier alpha value is -1.58. The first-order chi connectivity index (χ1) is 11.9. The zero-order valence-corrected chi connectivity index (χ0v) is 16.4. The summed E-state index contributed by atoms with van der Waals surface area (Å²) >= 11 is 0. The van der Waals surface area contributed by atoms with Gasteiger partial charge < -0.3 is 9.47 Å². The fourth-order valence-electron chi connectivity index (χ4n) is 2.94. The Bertz CT molecular complexity index is 412. The van der Waals surface area contributed by atoms with Gasteiger partial charge in [-0.25, -0.2) is 0 Å². The Kier molecular flexibility index (Phi) is 12.8. The largest absolute Gasteiger partial charge is 0.435 e. The molecule has 0 aromatic carbocycles. The predicted molar refractivity (Wildman–Crippen MR) is 102 cm³/mol. The summed E-state index contributed by atoms with van der Waals surface area (Å²) in [6.07, 6.45) is 13.0. The molecule has 0 amide bonds. The average Bonchev–Trinajstić information content (AvgIpc) is 2.56. The van der Waals surface area contributed by atoms with Crippen LogP contribution in [-0.2, 0) is 19.1 Å². The molecule has 4 heteroatoms. The maximum Gasteiger partial charge on any atom is 0.316 e. The van der Waals surface area contributed by atoms with Crippen molar-refractivity contribution in [2.75, 3.05) is 0 Å². The number of hydrogen-bond acceptors (Lipinski definition) is 4. The lowest BCUT2D eigenvalue weighted by Gasteiger charge is -2.26. The van der Waals surface area contributed by atoms with Crippen LogP contribution in [0.5, 0.6) is 0 Å². The van der Waals surface area contributed by atoms with E-state index in [2.05, 4.69) is 20.1 Å². The van der Waals surface area contributed by atoms with Crippen molar-refractivity contribution in [2.24, 2.45) is 11.3 Å². The lowest BCUT2D eigenvalue weighted by molar-refractivity contribution is -0.151. The second-order valence-electron chi connectivity index (χ2n) is 7.22. The molecule has 0 rings (SSSR count). The highest BCUT2D eigenvalue weighted by molar-refractivity contribution is 5.78. The van der Waals surface area contributed by atoms with Gasteiger partial charge in [-0.15, -0.1) is 0 Å². The molecule has 0 aliphatic rings. The molecule has 0 aliphatic carbocycles. The summed E-state index contributed by atoms with van der Waals surface area (Å²) in [4.78, 5) is 24.2. The van der Waals surface area contributed by atoms with Crippen molar-refractivity contribution in [3.63, 3.8) is 0 Å². The van der Waals surface area contributed by atoms with E-state index < -0.39 is 5.41 Å². The van der Waals surface area contributed by atoms with Crippen molar-refractivity contribution < 1.29 is 19.1 Å². The van der Waals surface area contributed by atoms with E-state index in [-0.39, 0.29) is 17.9 Å². The van der Waals surface area contributed by atoms with Crippen LogP contribution in [0.25, 0.3) is 0 Å². The molecule has 0 saturated carbocycles. The van der Waals surface area contributed by atoms with Gasteiger partial charge in [-0.05, 0) is 26.7 Å². The highest BCUT2D eigenvalue weighted by atomic mass is 16.5. The number of carbonyl (C=O) groups excluding carboxylic acids is 2. The average molecular weight is 353 g/mol. The molecule has 0 heterocycles. The Morgan fingerprint density at radius 2 is 1.44 bits per heavy atom. The van der Waals surface area contributed by atoms with Gasteiger partial charge in [-0.1, -0.05) is 71.4 Å². The standard InChI is InChI=1S/C21H36O4/c1-6-9-10-11-12-13-14-15-16-18(19(22)24-7-2)17-21(4,5)20(23)25-8-3/h7-8,18H,2-3,6,9-17H2,1,4-5H3. The summed E-state index contributed by atoms with van der Waals surface area (Å²) in [7, 11) is 0. The van der Waals surface area contributed by atoms with Gasteiger partial charge in [0, 0.05) is 0 Å². The summed E-state index contributed by atoms with van der Waals surface area (Å²) in [6, 6.07) is 0. The van der Waals surface area contributed by atoms with E-state index in [0.29, 0.717) is 12.8 Å². The van der Waals surface area contributed by atoms with Crippen LogP contribution in [0.1, 0.15) is 85.0 Å². The van der Waals surface area contributed by atoms with Crippen molar-refractivity contribution in [1.82, 2.24) is 0 Å². The predicted octanol–water partition coefficient (Wildman–Crippen LogP) is 5.92. The number of hydrogen-bond donors (Lipinski definition) is 0. The molecule has 0 bridgehead atoms. The zero-order valence-electron chi connectivity index (χ0n) is 16.4. The van der Waals surface area contributed by atoms with Crippen molar-refractivity contribution >= 4 is 11.9 Å². The van der Waals surface area contributed by atoms with Gasteiger partial charge >= 0.3 is 11.9 Å². The summed E-state index contributed by atoms with van der Waals surface area (Å²) in [5, 5.41) is 0. The number of unbranched alkanes of at least 4 members (excludes halogenated alkanes) is 7. The number of carbonyl (C=O) groups is 2. The molecular weight excluding hydrogens is 316 g/mol. The molecule has 144 valence electrons. The maximum atomic E-state index is 12.2. The Balaban J connectivity index is 4.40. The highest BCUT2D eigenvalue weighted by Gasteiger charge is 2.35. The quantitative estimate of drug-likeness (QED) is 0.208. The lowest BCUT2D eigenvalue weighted by Crippen LogP contribution is -2.31. The third-order valence-corrected chi connectivity index (χ3v) is 4.44. The molecule has 4 nitrogen and oxygen atoms in total. The topological polar surface area (TPSA) is 52.6 Å². The number of rotatable bonds is 15. The highest BCUT2D eigenvalue weighted by Crippen LogP contribution is 2.31. The monoisotopic (exact) mass is 352 g/mol. The minimum atomic E-state index is -0.765. The Morgan fingerprint density at radius 1 is 0.920 bits per heavy atom. The molecule has 0 saturated heterocycles. The summed E-state index contributed by atoms with van der Waals surface area (Å²) < 4.78 is 9.85. The van der Waals surface area contributed by atoms with Crippen LogP contribution >= 0.6 is 0 Å². The first-order valence-electron chi connectivity index (χ1n) is 9.52. The van der Waals surface area contributed by atoms with Gasteiger partial charge in [0.05, 0.1) is 23.9 Å². The molecule has 0 spiro atoms. The summed E-state index contributed by atoms with van der Waals surface area (Å²) in [5.41, 5.74) is -0.765. The van der Waals surface area contributed by atoms with Gasteiger partial charge in [0.25, 0.3) is 0 Å². The molecule has 1 unspecified atom stereocenters. The van der Waals surface area contributed by atoms with E-state index in [9.17, 15) is 9.59 Å². The normalized spacial score (nSPS) is 12.3. The van der Waals surface area contributed by atoms with E-state index in [4.69, 9.17) is 9.47 Å². The number of esters is 2. The first kappa shape index (κ1) is 23.4. The van der Waals surface area contributed by atoms with E-state index in [1.807, 2.05) is 0 Å². The molecular formula is C21H36O4. The van der Waals surface area contributed by atoms with Gasteiger partial charge in [0.1, 0.15) is 0 Å². The molecule has 1 atom stereocenters. The lowest BCUT2D eigenvalue weighted by atomic mass is 9.80. The van der Waals surface area contributed by atoms with Gasteiger partial charge in [0.15, 0.2) is 0 Å². The molecule has 0 radical (unpaired) electrons. The molecule has 0 aromatic rings. The van der Waals surface area contributed by atoms with E-state index >= 15 is 0 Å². The smallest absolute Gasteiger partial charge is 0.316 e. The summed E-state index contributed by atoms with van der Waals surface area (Å²) in [5.74, 6) is -1.03. The molecule has 0 N–H and O–H groups in total. The second kappa shape index (κ2) is 13.7. The first-order valence-corrected chi connectivity index (χ1v) is 9.52. The van der Waals surface area contributed by atoms with Crippen molar-refractivity contribution in [3.8, 4) is 0 Å². The van der Waals surface area contributed by atoms with Gasteiger partial charge in [-0.3, -0.25) is 9.59 Å². The zero-order chi connectivity index (χ0) is 19.1. The van der Waals surface area contributed by atoms with Crippen molar-refractivity contribution in [3.05, 3.63) is 25.7 Å². The van der Waals surface area contributed by atoms with Crippen LogP contribution in [0.4, 0.5) is 0 Å². The van der Waals surface area contributed by atoms with E-state index in [1.165, 1.54) is 38.5 Å². The van der Waals surface area contributed by atoms with Crippen LogP contribution in [0.2, 0.25) is 0 Å². The maximum absolute atomic E-state index is 12.2. The van der Waals surface area contributed by atoms with Crippen LogP contribution in [-0.4, -0.2) is 11.9 Å². The van der Waals surface area contributed by atoms with Crippen LogP contribution < -0.4 is 0 Å². The molecule has 25 heavy (non-hydrogen) atoms. The summed E-state index contributed by atoms with van der Waals surface area (Å²) in [6.45, 7) is 12.6. The molecule has 0 aromatic heterocycles. The number of ether oxygens (including phenoxy) is 2. The van der Waals surface area contributed by atoms with Gasteiger partial charge in [0.2, 0.25) is 0 Å². The second-order valence-corrected chi connectivity index (χ2v) is 7.22. The van der Waals surface area contributed by atoms with Crippen molar-refractivity contribution in [2.45, 2.75) is 85.0 Å². The van der Waals surface area contributed by atoms with Crippen LogP contribution in [0, 0.1) is 11.3 Å².